The fourth-order valence-electron chi connectivity index (χ4n) is 1.36. The molecule has 0 aliphatic carbocycles. The van der Waals surface area contributed by atoms with Crippen LogP contribution in [0.4, 0.5) is 0 Å². The Kier molecular flexibility index (Phi) is 3.66. The van der Waals surface area contributed by atoms with E-state index in [0.29, 0.717) is 0 Å². The molecule has 0 spiro atoms. The Labute approximate surface area is 89.0 Å². The minimum Gasteiger partial charge on any atom is -0.264 e. The van der Waals surface area contributed by atoms with E-state index < -0.39 is 0 Å². The minimum atomic E-state index is 0.799. The van der Waals surface area contributed by atoms with Gasteiger partial charge in [0.05, 0.1) is 0 Å². The maximum atomic E-state index is 6.03. The molecule has 0 atom stereocenters. The molecule has 0 unspecified atom stereocenters. The first-order chi connectivity index (χ1) is 6.79. The standard InChI is InChI=1S/C10H8ClN.C2H4/c1-7-5-12-6-8-3-2-4-9(11)10(7)8;1-2/h2-6H,1H3;1-2H2. The lowest BCUT2D eigenvalue weighted by Gasteiger charge is -2.01. The quantitative estimate of drug-likeness (QED) is 0.593. The van der Waals surface area contributed by atoms with Crippen molar-refractivity contribution >= 4 is 22.4 Å². The Balaban J connectivity index is 0.000000461. The Morgan fingerprint density at radius 3 is 2.57 bits per heavy atom. The summed E-state index contributed by atoms with van der Waals surface area (Å²) in [4.78, 5) is 4.09. The van der Waals surface area contributed by atoms with E-state index >= 15 is 0 Å². The van der Waals surface area contributed by atoms with Gasteiger partial charge in [0.25, 0.3) is 0 Å². The topological polar surface area (TPSA) is 12.9 Å². The number of rotatable bonds is 0. The number of halogens is 1. The van der Waals surface area contributed by atoms with Gasteiger partial charge in [-0.25, -0.2) is 0 Å². The number of benzene rings is 1. The molecule has 14 heavy (non-hydrogen) atoms. The predicted molar refractivity (Wildman–Crippen MR) is 62.7 cm³/mol. The molecule has 2 heteroatoms. The van der Waals surface area contributed by atoms with Crippen LogP contribution in [0.3, 0.4) is 0 Å². The Morgan fingerprint density at radius 2 is 1.93 bits per heavy atom. The maximum absolute atomic E-state index is 6.03. The number of nitrogens with zero attached hydrogens (tertiary/aromatic N) is 1. The molecule has 0 radical (unpaired) electrons. The molecule has 0 saturated carbocycles. The van der Waals surface area contributed by atoms with Gasteiger partial charge in [-0.15, -0.1) is 13.2 Å². The summed E-state index contributed by atoms with van der Waals surface area (Å²) in [5, 5.41) is 3.00. The van der Waals surface area contributed by atoms with Gasteiger partial charge in [-0.3, -0.25) is 4.98 Å². The predicted octanol–water partition coefficient (Wildman–Crippen LogP) is 4.00. The van der Waals surface area contributed by atoms with Gasteiger partial charge in [-0.05, 0) is 18.6 Å². The summed E-state index contributed by atoms with van der Waals surface area (Å²) in [6.45, 7) is 8.02. The summed E-state index contributed by atoms with van der Waals surface area (Å²) in [7, 11) is 0. The molecular weight excluding hydrogens is 194 g/mol. The van der Waals surface area contributed by atoms with Crippen molar-refractivity contribution in [1.82, 2.24) is 4.98 Å². The SMILES string of the molecule is C=C.Cc1cncc2cccc(Cl)c12. The van der Waals surface area contributed by atoms with E-state index in [9.17, 15) is 0 Å². The van der Waals surface area contributed by atoms with Crippen LogP contribution in [-0.4, -0.2) is 4.98 Å². The number of pyridine rings is 1. The largest absolute Gasteiger partial charge is 0.264 e. The van der Waals surface area contributed by atoms with Crippen molar-refractivity contribution in [3.8, 4) is 0 Å². The van der Waals surface area contributed by atoms with Crippen molar-refractivity contribution < 1.29 is 0 Å². The van der Waals surface area contributed by atoms with Crippen molar-refractivity contribution in [2.75, 3.05) is 0 Å². The van der Waals surface area contributed by atoms with Crippen LogP contribution in [0, 0.1) is 6.92 Å². The van der Waals surface area contributed by atoms with Gasteiger partial charge in [-0.1, -0.05) is 23.7 Å². The molecule has 0 bridgehead atoms. The van der Waals surface area contributed by atoms with Gasteiger partial charge >= 0.3 is 0 Å². The highest BCUT2D eigenvalue weighted by atomic mass is 35.5. The third kappa shape index (κ3) is 1.94. The lowest BCUT2D eigenvalue weighted by atomic mass is 10.1. The molecule has 1 aromatic heterocycles. The Bertz CT molecular complexity index is 401. The van der Waals surface area contributed by atoms with Crippen molar-refractivity contribution in [3.63, 3.8) is 0 Å². The van der Waals surface area contributed by atoms with Crippen LogP contribution in [0.5, 0.6) is 0 Å². The third-order valence-corrected chi connectivity index (χ3v) is 2.24. The smallest absolute Gasteiger partial charge is 0.0488 e. The zero-order chi connectivity index (χ0) is 10.6. The molecule has 0 N–H and O–H groups in total. The Hall–Kier alpha value is -1.34. The third-order valence-electron chi connectivity index (χ3n) is 1.92. The molecule has 0 fully saturated rings. The fraction of sp³-hybridized carbons (Fsp3) is 0.0833. The summed E-state index contributed by atoms with van der Waals surface area (Å²) < 4.78 is 0. The van der Waals surface area contributed by atoms with Crippen LogP contribution in [0.15, 0.2) is 43.8 Å². The van der Waals surface area contributed by atoms with Crippen LogP contribution in [0.1, 0.15) is 5.56 Å². The highest BCUT2D eigenvalue weighted by Crippen LogP contribution is 2.24. The van der Waals surface area contributed by atoms with Crippen LogP contribution in [-0.2, 0) is 0 Å². The highest BCUT2D eigenvalue weighted by Gasteiger charge is 2.00. The van der Waals surface area contributed by atoms with E-state index in [-0.39, 0.29) is 0 Å². The second-order valence-electron chi connectivity index (χ2n) is 2.79. The molecular formula is C12H12ClN. The van der Waals surface area contributed by atoms with Crippen molar-refractivity contribution in [2.24, 2.45) is 0 Å². The summed E-state index contributed by atoms with van der Waals surface area (Å²) in [5.41, 5.74) is 1.12. The van der Waals surface area contributed by atoms with E-state index in [2.05, 4.69) is 18.1 Å². The van der Waals surface area contributed by atoms with Gasteiger partial charge in [0.15, 0.2) is 0 Å². The average molecular weight is 206 g/mol. The summed E-state index contributed by atoms with van der Waals surface area (Å²) >= 11 is 6.03. The second kappa shape index (κ2) is 4.77. The molecule has 0 aliphatic heterocycles. The number of aromatic nitrogens is 1. The lowest BCUT2D eigenvalue weighted by Crippen LogP contribution is -1.81. The van der Waals surface area contributed by atoms with Gasteiger partial charge in [-0.2, -0.15) is 0 Å². The van der Waals surface area contributed by atoms with E-state index in [1.165, 1.54) is 0 Å². The molecule has 0 aliphatic rings. The van der Waals surface area contributed by atoms with Crippen molar-refractivity contribution in [2.45, 2.75) is 6.92 Å². The van der Waals surface area contributed by atoms with Gasteiger partial charge in [0.2, 0.25) is 0 Å². The molecule has 1 nitrogen and oxygen atoms in total. The molecule has 1 aromatic carbocycles. The van der Waals surface area contributed by atoms with Crippen LogP contribution < -0.4 is 0 Å². The number of hydrogen-bond acceptors (Lipinski definition) is 1. The maximum Gasteiger partial charge on any atom is 0.0488 e. The van der Waals surface area contributed by atoms with Gasteiger partial charge in [0.1, 0.15) is 0 Å². The molecule has 2 rings (SSSR count). The molecule has 1 heterocycles. The van der Waals surface area contributed by atoms with E-state index in [1.807, 2.05) is 37.5 Å². The molecule has 0 saturated heterocycles. The number of aryl methyl sites for hydroxylation is 1. The fourth-order valence-corrected chi connectivity index (χ4v) is 1.69. The summed E-state index contributed by atoms with van der Waals surface area (Å²) in [5.74, 6) is 0. The van der Waals surface area contributed by atoms with Gasteiger partial charge < -0.3 is 0 Å². The second-order valence-corrected chi connectivity index (χ2v) is 3.20. The average Bonchev–Trinajstić information content (AvgIpc) is 2.21. The highest BCUT2D eigenvalue weighted by molar-refractivity contribution is 6.35. The van der Waals surface area contributed by atoms with E-state index in [1.54, 1.807) is 0 Å². The van der Waals surface area contributed by atoms with Gasteiger partial charge in [0, 0.05) is 28.2 Å². The lowest BCUT2D eigenvalue weighted by molar-refractivity contribution is 1.31. The number of hydrogen-bond donors (Lipinski definition) is 0. The first-order valence-corrected chi connectivity index (χ1v) is 4.65. The number of fused-ring (bicyclic) bond motifs is 1. The van der Waals surface area contributed by atoms with Crippen LogP contribution >= 0.6 is 11.6 Å². The van der Waals surface area contributed by atoms with E-state index in [4.69, 9.17) is 11.6 Å². The summed E-state index contributed by atoms with van der Waals surface area (Å²) in [6.07, 6.45) is 3.66. The zero-order valence-corrected chi connectivity index (χ0v) is 8.88. The molecule has 72 valence electrons. The van der Waals surface area contributed by atoms with Crippen molar-refractivity contribution in [3.05, 3.63) is 54.3 Å². The monoisotopic (exact) mass is 205 g/mol. The van der Waals surface area contributed by atoms with Crippen molar-refractivity contribution in [1.29, 1.82) is 0 Å². The Morgan fingerprint density at radius 1 is 1.21 bits per heavy atom. The van der Waals surface area contributed by atoms with E-state index in [0.717, 1.165) is 21.4 Å². The first kappa shape index (κ1) is 10.7. The molecule has 2 aromatic rings. The minimum absolute atomic E-state index is 0.799. The molecule has 0 amide bonds. The normalized spacial score (nSPS) is 9.29. The van der Waals surface area contributed by atoms with Crippen LogP contribution in [0.25, 0.3) is 10.8 Å². The first-order valence-electron chi connectivity index (χ1n) is 4.28. The zero-order valence-electron chi connectivity index (χ0n) is 8.13. The van der Waals surface area contributed by atoms with Crippen LogP contribution in [0.2, 0.25) is 5.02 Å². The summed E-state index contributed by atoms with van der Waals surface area (Å²) in [6, 6.07) is 5.85.